The van der Waals surface area contributed by atoms with Gasteiger partial charge < -0.3 is 18.6 Å². The lowest BCUT2D eigenvalue weighted by Gasteiger charge is -2.23. The van der Waals surface area contributed by atoms with Crippen molar-refractivity contribution in [2.45, 2.75) is 20.4 Å². The van der Waals surface area contributed by atoms with Gasteiger partial charge in [-0.1, -0.05) is 18.2 Å². The molecular formula is C24H24ClN3O3. The number of amides is 1. The van der Waals surface area contributed by atoms with Crippen LogP contribution in [0.1, 0.15) is 27.3 Å². The zero-order valence-electron chi connectivity index (χ0n) is 17.8. The summed E-state index contributed by atoms with van der Waals surface area (Å²) < 4.78 is 12.8. The van der Waals surface area contributed by atoms with Crippen molar-refractivity contribution < 1.29 is 13.9 Å². The topological polar surface area (TPSA) is 60.5 Å². The van der Waals surface area contributed by atoms with Crippen LogP contribution < -0.4 is 0 Å². The first-order valence-corrected chi connectivity index (χ1v) is 10.4. The number of nitrogens with zero attached hydrogens (tertiary/aromatic N) is 3. The number of carbonyl (C=O) groups is 1. The smallest absolute Gasteiger partial charge is 0.293 e. The summed E-state index contributed by atoms with van der Waals surface area (Å²) >= 11 is 5.85. The molecule has 0 aliphatic rings. The summed E-state index contributed by atoms with van der Waals surface area (Å²) in [5.74, 6) is -0.101. The first kappa shape index (κ1) is 21.2. The third kappa shape index (κ3) is 4.36. The number of hydrogen-bond donors (Lipinski definition) is 0. The molecule has 0 aliphatic heterocycles. The van der Waals surface area contributed by atoms with Gasteiger partial charge in [-0.3, -0.25) is 4.79 Å². The van der Waals surface area contributed by atoms with Gasteiger partial charge in [0, 0.05) is 42.8 Å². The van der Waals surface area contributed by atoms with Crippen molar-refractivity contribution in [1.29, 1.82) is 0 Å². The molecule has 0 fully saturated rings. The molecule has 0 unspecified atom stereocenters. The van der Waals surface area contributed by atoms with Crippen LogP contribution in [0.25, 0.3) is 16.8 Å². The molecule has 0 saturated carbocycles. The summed E-state index contributed by atoms with van der Waals surface area (Å²) in [6.07, 6.45) is 0. The monoisotopic (exact) mass is 437 g/mol. The lowest BCUT2D eigenvalue weighted by atomic mass is 10.1. The van der Waals surface area contributed by atoms with Crippen molar-refractivity contribution >= 4 is 28.6 Å². The Bertz CT molecular complexity index is 1210. The fourth-order valence-corrected chi connectivity index (χ4v) is 4.01. The lowest BCUT2D eigenvalue weighted by molar-refractivity contribution is 0.0680. The Balaban J connectivity index is 1.64. The number of ether oxygens (including phenoxy) is 1. The molecule has 0 N–H and O–H groups in total. The normalized spacial score (nSPS) is 11.2. The standard InChI is InChI=1S/C24H24ClN3O3/c1-16-13-19(17(2)28(16)20-7-5-4-6-8-20)15-27(11-12-30-3)23(29)18-9-10-21-22(14-18)31-24(25)26-21/h4-10,13-14H,11-12,15H2,1-3H3. The molecule has 2 heterocycles. The Morgan fingerprint density at radius 3 is 2.68 bits per heavy atom. The van der Waals surface area contributed by atoms with Gasteiger partial charge in [0.2, 0.25) is 0 Å². The highest BCUT2D eigenvalue weighted by molar-refractivity contribution is 6.28. The Morgan fingerprint density at radius 2 is 1.94 bits per heavy atom. The molecular weight excluding hydrogens is 414 g/mol. The molecule has 7 heteroatoms. The van der Waals surface area contributed by atoms with Crippen molar-refractivity contribution in [3.05, 3.63) is 82.5 Å². The number of hydrogen-bond acceptors (Lipinski definition) is 4. The second kappa shape index (κ2) is 8.96. The predicted molar refractivity (Wildman–Crippen MR) is 121 cm³/mol. The summed E-state index contributed by atoms with van der Waals surface area (Å²) in [7, 11) is 1.63. The molecule has 1 amide bonds. The van der Waals surface area contributed by atoms with Crippen LogP contribution >= 0.6 is 11.6 Å². The van der Waals surface area contributed by atoms with E-state index in [1.165, 1.54) is 0 Å². The lowest BCUT2D eigenvalue weighted by Crippen LogP contribution is -2.33. The zero-order valence-corrected chi connectivity index (χ0v) is 18.5. The van der Waals surface area contributed by atoms with Gasteiger partial charge in [0.25, 0.3) is 11.3 Å². The van der Waals surface area contributed by atoms with Gasteiger partial charge in [-0.05, 0) is 67.4 Å². The number of rotatable bonds is 7. The van der Waals surface area contributed by atoms with E-state index in [1.807, 2.05) is 18.2 Å². The average molecular weight is 438 g/mol. The number of halogens is 1. The van der Waals surface area contributed by atoms with E-state index in [2.05, 4.69) is 41.6 Å². The summed E-state index contributed by atoms with van der Waals surface area (Å²) in [6, 6.07) is 17.5. The maximum atomic E-state index is 13.3. The Hall–Kier alpha value is -3.09. The molecule has 31 heavy (non-hydrogen) atoms. The molecule has 4 rings (SSSR count). The third-order valence-corrected chi connectivity index (χ3v) is 5.54. The molecule has 4 aromatic rings. The van der Waals surface area contributed by atoms with Crippen molar-refractivity contribution in [2.75, 3.05) is 20.3 Å². The number of carbonyl (C=O) groups excluding carboxylic acids is 1. The van der Waals surface area contributed by atoms with Crippen LogP contribution in [0.5, 0.6) is 0 Å². The van der Waals surface area contributed by atoms with Gasteiger partial charge in [-0.15, -0.1) is 0 Å². The second-order valence-corrected chi connectivity index (χ2v) is 7.76. The van der Waals surface area contributed by atoms with Gasteiger partial charge in [0.1, 0.15) is 5.52 Å². The van der Waals surface area contributed by atoms with Crippen molar-refractivity contribution in [1.82, 2.24) is 14.5 Å². The molecule has 0 atom stereocenters. The second-order valence-electron chi connectivity index (χ2n) is 7.44. The number of benzene rings is 2. The number of fused-ring (bicyclic) bond motifs is 1. The Morgan fingerprint density at radius 1 is 1.16 bits per heavy atom. The number of aryl methyl sites for hydroxylation is 1. The summed E-state index contributed by atoms with van der Waals surface area (Å²) in [5, 5.41) is 0.0594. The van der Waals surface area contributed by atoms with Crippen LogP contribution in [0.3, 0.4) is 0 Å². The van der Waals surface area contributed by atoms with Gasteiger partial charge in [0.05, 0.1) is 6.61 Å². The summed E-state index contributed by atoms with van der Waals surface area (Å²) in [6.45, 7) is 5.55. The van der Waals surface area contributed by atoms with E-state index in [-0.39, 0.29) is 11.3 Å². The number of methoxy groups -OCH3 is 1. The van der Waals surface area contributed by atoms with E-state index in [0.29, 0.717) is 36.4 Å². The van der Waals surface area contributed by atoms with E-state index in [1.54, 1.807) is 30.2 Å². The minimum atomic E-state index is -0.101. The van der Waals surface area contributed by atoms with Gasteiger partial charge in [-0.2, -0.15) is 4.98 Å². The highest BCUT2D eigenvalue weighted by Crippen LogP contribution is 2.24. The van der Waals surface area contributed by atoms with Crippen LogP contribution in [-0.2, 0) is 11.3 Å². The first-order chi connectivity index (χ1) is 15.0. The maximum Gasteiger partial charge on any atom is 0.293 e. The summed E-state index contributed by atoms with van der Waals surface area (Å²) in [4.78, 5) is 19.2. The van der Waals surface area contributed by atoms with Gasteiger partial charge in [-0.25, -0.2) is 0 Å². The van der Waals surface area contributed by atoms with Crippen LogP contribution in [0.15, 0.2) is 59.0 Å². The molecule has 0 bridgehead atoms. The van der Waals surface area contributed by atoms with E-state index in [0.717, 1.165) is 22.6 Å². The Labute approximate surface area is 186 Å². The van der Waals surface area contributed by atoms with Crippen molar-refractivity contribution in [2.24, 2.45) is 0 Å². The van der Waals surface area contributed by atoms with Crippen LogP contribution in [0, 0.1) is 13.8 Å². The number of aromatic nitrogens is 2. The first-order valence-electron chi connectivity index (χ1n) is 10.1. The third-order valence-electron chi connectivity index (χ3n) is 5.37. The summed E-state index contributed by atoms with van der Waals surface area (Å²) in [5.41, 5.74) is 6.06. The molecule has 0 spiro atoms. The number of para-hydroxylation sites is 1. The van der Waals surface area contributed by atoms with Crippen LogP contribution in [-0.4, -0.2) is 40.6 Å². The quantitative estimate of drug-likeness (QED) is 0.400. The van der Waals surface area contributed by atoms with Gasteiger partial charge >= 0.3 is 0 Å². The molecule has 0 saturated heterocycles. The van der Waals surface area contributed by atoms with E-state index in [4.69, 9.17) is 20.8 Å². The fraction of sp³-hybridized carbons (Fsp3) is 0.250. The van der Waals surface area contributed by atoms with E-state index in [9.17, 15) is 4.79 Å². The highest BCUT2D eigenvalue weighted by atomic mass is 35.5. The molecule has 2 aromatic heterocycles. The largest absolute Gasteiger partial charge is 0.428 e. The minimum Gasteiger partial charge on any atom is -0.428 e. The van der Waals surface area contributed by atoms with Crippen LogP contribution in [0.4, 0.5) is 0 Å². The zero-order chi connectivity index (χ0) is 22.0. The molecule has 6 nitrogen and oxygen atoms in total. The average Bonchev–Trinajstić information content (AvgIpc) is 3.28. The highest BCUT2D eigenvalue weighted by Gasteiger charge is 2.20. The fourth-order valence-electron chi connectivity index (χ4n) is 3.84. The van der Waals surface area contributed by atoms with Gasteiger partial charge in [0.15, 0.2) is 5.58 Å². The number of oxazole rings is 1. The molecule has 0 radical (unpaired) electrons. The molecule has 0 aliphatic carbocycles. The Kier molecular flexibility index (Phi) is 6.11. The van der Waals surface area contributed by atoms with Crippen molar-refractivity contribution in [3.63, 3.8) is 0 Å². The SMILES string of the molecule is COCCN(Cc1cc(C)n(-c2ccccc2)c1C)C(=O)c1ccc2nc(Cl)oc2c1. The van der Waals surface area contributed by atoms with Crippen molar-refractivity contribution in [3.8, 4) is 5.69 Å². The van der Waals surface area contributed by atoms with E-state index >= 15 is 0 Å². The predicted octanol–water partition coefficient (Wildman–Crippen LogP) is 5.18. The maximum absolute atomic E-state index is 13.3. The van der Waals surface area contributed by atoms with Crippen LogP contribution in [0.2, 0.25) is 5.35 Å². The molecule has 160 valence electrons. The molecule has 2 aromatic carbocycles. The minimum absolute atomic E-state index is 0.0594. The van der Waals surface area contributed by atoms with E-state index < -0.39 is 0 Å².